The summed E-state index contributed by atoms with van der Waals surface area (Å²) in [5.74, 6) is -0.896. The molecule has 7 heteroatoms. The lowest BCUT2D eigenvalue weighted by Gasteiger charge is -2.40. The second-order valence-corrected chi connectivity index (χ2v) is 7.83. The molecular weight excluding hydrogens is 314 g/mol. The van der Waals surface area contributed by atoms with E-state index in [0.717, 1.165) is 19.3 Å². The number of halogens is 1. The third-order valence-electron chi connectivity index (χ3n) is 4.02. The highest BCUT2D eigenvalue weighted by Gasteiger charge is 2.40. The van der Waals surface area contributed by atoms with Crippen LogP contribution >= 0.6 is 11.6 Å². The molecule has 0 bridgehead atoms. The number of carboxylic acids is 1. The highest BCUT2D eigenvalue weighted by atomic mass is 35.5. The first kappa shape index (κ1) is 16.3. The van der Waals surface area contributed by atoms with Crippen LogP contribution in [0.1, 0.15) is 31.2 Å². The highest BCUT2D eigenvalue weighted by Crippen LogP contribution is 2.43. The molecule has 1 aromatic carbocycles. The van der Waals surface area contributed by atoms with Crippen LogP contribution in [0.5, 0.6) is 0 Å². The third kappa shape index (κ3) is 3.75. The molecule has 0 heterocycles. The zero-order chi connectivity index (χ0) is 15.7. The molecule has 21 heavy (non-hydrogen) atoms. The van der Waals surface area contributed by atoms with Gasteiger partial charge < -0.3 is 5.11 Å². The van der Waals surface area contributed by atoms with Gasteiger partial charge in [-0.25, -0.2) is 13.1 Å². The average Bonchev–Trinajstić information content (AvgIpc) is 2.35. The van der Waals surface area contributed by atoms with Crippen molar-refractivity contribution in [2.45, 2.75) is 37.5 Å². The molecule has 116 valence electrons. The Morgan fingerprint density at radius 1 is 1.43 bits per heavy atom. The first-order chi connectivity index (χ1) is 9.74. The summed E-state index contributed by atoms with van der Waals surface area (Å²) in [5, 5.41) is 9.30. The van der Waals surface area contributed by atoms with E-state index in [0.29, 0.717) is 10.6 Å². The number of hydrogen-bond donors (Lipinski definition) is 2. The van der Waals surface area contributed by atoms with Gasteiger partial charge in [-0.05, 0) is 42.9 Å². The van der Waals surface area contributed by atoms with E-state index in [1.165, 1.54) is 6.07 Å². The maximum Gasteiger partial charge on any atom is 0.303 e. The Morgan fingerprint density at radius 3 is 2.62 bits per heavy atom. The molecule has 1 aliphatic carbocycles. The minimum absolute atomic E-state index is 0.00987. The van der Waals surface area contributed by atoms with Gasteiger partial charge in [0.25, 0.3) is 0 Å². The van der Waals surface area contributed by atoms with Gasteiger partial charge in [0.05, 0.1) is 11.3 Å². The van der Waals surface area contributed by atoms with E-state index < -0.39 is 21.4 Å². The summed E-state index contributed by atoms with van der Waals surface area (Å²) in [6, 6.07) is 4.69. The van der Waals surface area contributed by atoms with Crippen LogP contribution in [0.15, 0.2) is 23.1 Å². The largest absolute Gasteiger partial charge is 0.481 e. The minimum Gasteiger partial charge on any atom is -0.481 e. The zero-order valence-electron chi connectivity index (χ0n) is 11.7. The lowest BCUT2D eigenvalue weighted by molar-refractivity contribution is -0.141. The number of aliphatic carboxylic acids is 1. The van der Waals surface area contributed by atoms with Crippen LogP contribution in [0.2, 0.25) is 5.02 Å². The van der Waals surface area contributed by atoms with Crippen LogP contribution in [-0.2, 0) is 14.8 Å². The predicted octanol–water partition coefficient (Wildman–Crippen LogP) is 2.57. The van der Waals surface area contributed by atoms with Gasteiger partial charge in [0.15, 0.2) is 0 Å². The fourth-order valence-corrected chi connectivity index (χ4v) is 4.27. The van der Waals surface area contributed by atoms with Gasteiger partial charge in [0.1, 0.15) is 0 Å². The smallest absolute Gasteiger partial charge is 0.303 e. The summed E-state index contributed by atoms with van der Waals surface area (Å²) < 4.78 is 27.3. The monoisotopic (exact) mass is 331 g/mol. The van der Waals surface area contributed by atoms with Gasteiger partial charge in [-0.3, -0.25) is 4.79 Å². The highest BCUT2D eigenvalue weighted by molar-refractivity contribution is 7.89. The van der Waals surface area contributed by atoms with E-state index >= 15 is 0 Å². The number of carboxylic acid groups (broad SMARTS) is 1. The molecule has 0 atom stereocenters. The van der Waals surface area contributed by atoms with Crippen molar-refractivity contribution < 1.29 is 18.3 Å². The normalized spacial score (nSPS) is 17.2. The molecule has 5 nitrogen and oxygen atoms in total. The standard InChI is InChI=1S/C14H18ClNO4S/c1-10-3-4-11(15)7-12(10)21(19,20)16-9-14(5-2-6-14)8-13(17)18/h3-4,7,16H,2,5-6,8-9H2,1H3,(H,17,18). The molecule has 1 saturated carbocycles. The molecule has 0 saturated heterocycles. The van der Waals surface area contributed by atoms with Crippen molar-refractivity contribution >= 4 is 27.6 Å². The fraction of sp³-hybridized carbons (Fsp3) is 0.500. The molecule has 1 fully saturated rings. The Labute approximate surface area is 129 Å². The number of rotatable bonds is 6. The lowest BCUT2D eigenvalue weighted by Crippen LogP contribution is -2.43. The topological polar surface area (TPSA) is 83.5 Å². The summed E-state index contributed by atoms with van der Waals surface area (Å²) in [7, 11) is -3.69. The van der Waals surface area contributed by atoms with Crippen molar-refractivity contribution in [3.63, 3.8) is 0 Å². The molecule has 2 rings (SSSR count). The van der Waals surface area contributed by atoms with E-state index in [1.54, 1.807) is 19.1 Å². The van der Waals surface area contributed by atoms with Crippen molar-refractivity contribution in [2.24, 2.45) is 5.41 Å². The van der Waals surface area contributed by atoms with Gasteiger partial charge in [0, 0.05) is 11.6 Å². The summed E-state index contributed by atoms with van der Waals surface area (Å²) >= 11 is 5.85. The van der Waals surface area contributed by atoms with Gasteiger partial charge in [-0.1, -0.05) is 24.1 Å². The Morgan fingerprint density at radius 2 is 2.10 bits per heavy atom. The van der Waals surface area contributed by atoms with Crippen LogP contribution in [0.4, 0.5) is 0 Å². The molecule has 1 aliphatic rings. The first-order valence-electron chi connectivity index (χ1n) is 6.72. The van der Waals surface area contributed by atoms with Crippen molar-refractivity contribution in [1.29, 1.82) is 0 Å². The quantitative estimate of drug-likeness (QED) is 0.839. The van der Waals surface area contributed by atoms with Crippen molar-refractivity contribution in [2.75, 3.05) is 6.54 Å². The molecule has 0 unspecified atom stereocenters. The van der Waals surface area contributed by atoms with Crippen molar-refractivity contribution in [3.05, 3.63) is 28.8 Å². The summed E-state index contributed by atoms with van der Waals surface area (Å²) in [5.41, 5.74) is 0.151. The second kappa shape index (κ2) is 5.94. The number of aryl methyl sites for hydroxylation is 1. The molecule has 1 aromatic rings. The SMILES string of the molecule is Cc1ccc(Cl)cc1S(=O)(=O)NCC1(CC(=O)O)CCC1. The lowest BCUT2D eigenvalue weighted by atomic mass is 9.67. The molecule has 0 aromatic heterocycles. The summed E-state index contributed by atoms with van der Waals surface area (Å²) in [6.07, 6.45) is 2.39. The van der Waals surface area contributed by atoms with E-state index in [-0.39, 0.29) is 17.9 Å². The molecule has 0 amide bonds. The predicted molar refractivity (Wildman–Crippen MR) is 79.9 cm³/mol. The molecule has 0 spiro atoms. The van der Waals surface area contributed by atoms with E-state index in [4.69, 9.17) is 16.7 Å². The van der Waals surface area contributed by atoms with E-state index in [9.17, 15) is 13.2 Å². The number of sulfonamides is 1. The summed E-state index contributed by atoms with van der Waals surface area (Å²) in [4.78, 5) is 11.0. The van der Waals surface area contributed by atoms with Crippen LogP contribution in [0, 0.1) is 12.3 Å². The summed E-state index contributed by atoms with van der Waals surface area (Å²) in [6.45, 7) is 1.84. The Balaban J connectivity index is 2.14. The average molecular weight is 332 g/mol. The maximum atomic E-state index is 12.4. The van der Waals surface area contributed by atoms with Crippen molar-refractivity contribution in [1.82, 2.24) is 4.72 Å². The van der Waals surface area contributed by atoms with E-state index in [2.05, 4.69) is 4.72 Å². The van der Waals surface area contributed by atoms with Gasteiger partial charge in [-0.2, -0.15) is 0 Å². The number of benzene rings is 1. The first-order valence-corrected chi connectivity index (χ1v) is 8.58. The molecule has 2 N–H and O–H groups in total. The number of nitrogens with one attached hydrogen (secondary N) is 1. The van der Waals surface area contributed by atoms with E-state index in [1.807, 2.05) is 0 Å². The van der Waals surface area contributed by atoms with Crippen LogP contribution in [-0.4, -0.2) is 26.0 Å². The van der Waals surface area contributed by atoms with Gasteiger partial charge in [-0.15, -0.1) is 0 Å². The molecule has 0 radical (unpaired) electrons. The van der Waals surface area contributed by atoms with Gasteiger partial charge >= 0.3 is 5.97 Å². The number of carbonyl (C=O) groups is 1. The van der Waals surface area contributed by atoms with Crippen LogP contribution in [0.25, 0.3) is 0 Å². The second-order valence-electron chi connectivity index (χ2n) is 5.66. The Hall–Kier alpha value is -1.11. The zero-order valence-corrected chi connectivity index (χ0v) is 13.3. The Kier molecular flexibility index (Phi) is 4.60. The maximum absolute atomic E-state index is 12.4. The Bertz CT molecular complexity index is 653. The minimum atomic E-state index is -3.69. The van der Waals surface area contributed by atoms with Crippen LogP contribution < -0.4 is 4.72 Å². The van der Waals surface area contributed by atoms with Gasteiger partial charge in [0.2, 0.25) is 10.0 Å². The van der Waals surface area contributed by atoms with Crippen molar-refractivity contribution in [3.8, 4) is 0 Å². The fourth-order valence-electron chi connectivity index (χ4n) is 2.60. The molecular formula is C14H18ClNO4S. The third-order valence-corrected chi connectivity index (χ3v) is 5.80. The molecule has 0 aliphatic heterocycles. The number of hydrogen-bond acceptors (Lipinski definition) is 3. The van der Waals surface area contributed by atoms with Crippen LogP contribution in [0.3, 0.4) is 0 Å².